The minimum atomic E-state index is -0.412. The Kier molecular flexibility index (Phi) is 6.61. The van der Waals surface area contributed by atoms with Gasteiger partial charge in [-0.25, -0.2) is 4.98 Å². The van der Waals surface area contributed by atoms with Crippen LogP contribution in [-0.2, 0) is 12.3 Å². The quantitative estimate of drug-likeness (QED) is 0.164. The molecule has 156 valence electrons. The van der Waals surface area contributed by atoms with E-state index >= 15 is 0 Å². The molecule has 0 amide bonds. The summed E-state index contributed by atoms with van der Waals surface area (Å²) in [5, 5.41) is 13.2. The standard InChI is InChI=1S/C23H17Cl2N3O2S/c24-20-7-3-1-5-17(20)13-27-14-22(16-9-11-19(12-10-16)28(29)30)26-23(27)31-15-18-6-2-4-8-21(18)25/h1-12,14H,13,15H2. The Morgan fingerprint density at radius 1 is 0.903 bits per heavy atom. The van der Waals surface area contributed by atoms with E-state index in [9.17, 15) is 10.1 Å². The van der Waals surface area contributed by atoms with E-state index in [2.05, 4.69) is 0 Å². The Morgan fingerprint density at radius 3 is 2.13 bits per heavy atom. The van der Waals surface area contributed by atoms with Gasteiger partial charge in [-0.3, -0.25) is 10.1 Å². The summed E-state index contributed by atoms with van der Waals surface area (Å²) in [6.45, 7) is 0.560. The fraction of sp³-hybridized carbons (Fsp3) is 0.0870. The van der Waals surface area contributed by atoms with Crippen molar-refractivity contribution in [1.82, 2.24) is 9.55 Å². The molecule has 0 aliphatic carbocycles. The predicted molar refractivity (Wildman–Crippen MR) is 126 cm³/mol. The number of nitro benzene ring substituents is 1. The SMILES string of the molecule is O=[N+]([O-])c1ccc(-c2cn(Cc3ccccc3Cl)c(SCc3ccccc3Cl)n2)cc1. The van der Waals surface area contributed by atoms with E-state index in [-0.39, 0.29) is 5.69 Å². The zero-order valence-electron chi connectivity index (χ0n) is 16.2. The van der Waals surface area contributed by atoms with Crippen molar-refractivity contribution in [2.24, 2.45) is 0 Å². The highest BCUT2D eigenvalue weighted by Gasteiger charge is 2.14. The second kappa shape index (κ2) is 9.56. The van der Waals surface area contributed by atoms with Crippen molar-refractivity contribution in [3.05, 3.63) is 110 Å². The van der Waals surface area contributed by atoms with Gasteiger partial charge in [-0.2, -0.15) is 0 Å². The Hall–Kier alpha value is -2.80. The highest BCUT2D eigenvalue weighted by atomic mass is 35.5. The summed E-state index contributed by atoms with van der Waals surface area (Å²) in [7, 11) is 0. The number of thioether (sulfide) groups is 1. The number of aromatic nitrogens is 2. The van der Waals surface area contributed by atoms with Crippen molar-refractivity contribution < 1.29 is 4.92 Å². The van der Waals surface area contributed by atoms with Crippen LogP contribution >= 0.6 is 35.0 Å². The smallest absolute Gasteiger partial charge is 0.269 e. The summed E-state index contributed by atoms with van der Waals surface area (Å²) in [4.78, 5) is 15.3. The lowest BCUT2D eigenvalue weighted by Crippen LogP contribution is -2.01. The molecule has 31 heavy (non-hydrogen) atoms. The first-order valence-corrected chi connectivity index (χ1v) is 11.2. The van der Waals surface area contributed by atoms with E-state index in [0.29, 0.717) is 17.3 Å². The van der Waals surface area contributed by atoms with Crippen LogP contribution in [0.4, 0.5) is 5.69 Å². The molecule has 4 rings (SSSR count). The second-order valence-corrected chi connectivity index (χ2v) is 8.57. The third kappa shape index (κ3) is 5.10. The molecule has 3 aromatic carbocycles. The molecule has 0 fully saturated rings. The number of halogens is 2. The lowest BCUT2D eigenvalue weighted by atomic mass is 10.1. The zero-order valence-corrected chi connectivity index (χ0v) is 18.6. The Labute approximate surface area is 193 Å². The predicted octanol–water partition coefficient (Wildman–Crippen LogP) is 7.11. The number of benzene rings is 3. The molecule has 8 heteroatoms. The van der Waals surface area contributed by atoms with Crippen molar-refractivity contribution in [3.63, 3.8) is 0 Å². The van der Waals surface area contributed by atoms with Crippen LogP contribution < -0.4 is 0 Å². The molecule has 5 nitrogen and oxygen atoms in total. The van der Waals surface area contributed by atoms with E-state index < -0.39 is 4.92 Å². The largest absolute Gasteiger partial charge is 0.321 e. The van der Waals surface area contributed by atoms with Gasteiger partial charge in [-0.05, 0) is 35.4 Å². The molecule has 0 radical (unpaired) electrons. The lowest BCUT2D eigenvalue weighted by Gasteiger charge is -2.09. The number of hydrogen-bond acceptors (Lipinski definition) is 4. The van der Waals surface area contributed by atoms with E-state index in [0.717, 1.165) is 32.6 Å². The van der Waals surface area contributed by atoms with Gasteiger partial charge in [0.2, 0.25) is 0 Å². The minimum Gasteiger partial charge on any atom is -0.321 e. The van der Waals surface area contributed by atoms with Gasteiger partial charge in [0.25, 0.3) is 5.69 Å². The highest BCUT2D eigenvalue weighted by Crippen LogP contribution is 2.31. The van der Waals surface area contributed by atoms with Gasteiger partial charge in [0.1, 0.15) is 0 Å². The zero-order chi connectivity index (χ0) is 21.8. The van der Waals surface area contributed by atoms with Gasteiger partial charge >= 0.3 is 0 Å². The van der Waals surface area contributed by atoms with Crippen LogP contribution in [-0.4, -0.2) is 14.5 Å². The van der Waals surface area contributed by atoms with Crippen molar-refractivity contribution in [2.45, 2.75) is 17.5 Å². The van der Waals surface area contributed by atoms with Crippen LogP contribution in [0.15, 0.2) is 84.1 Å². The molecule has 0 saturated heterocycles. The first-order chi connectivity index (χ1) is 15.0. The molecule has 0 unspecified atom stereocenters. The Bertz CT molecular complexity index is 1230. The number of imidazole rings is 1. The number of rotatable bonds is 7. The molecule has 1 heterocycles. The van der Waals surface area contributed by atoms with Gasteiger partial charge in [0, 0.05) is 39.7 Å². The molecule has 0 aliphatic rings. The summed E-state index contributed by atoms with van der Waals surface area (Å²) in [5.74, 6) is 0.666. The normalized spacial score (nSPS) is 10.9. The summed E-state index contributed by atoms with van der Waals surface area (Å²) in [6.07, 6.45) is 1.94. The van der Waals surface area contributed by atoms with Gasteiger partial charge in [0.05, 0.1) is 17.2 Å². The van der Waals surface area contributed by atoms with E-state index in [4.69, 9.17) is 28.2 Å². The number of non-ortho nitro benzene ring substituents is 1. The van der Waals surface area contributed by atoms with Crippen molar-refractivity contribution in [3.8, 4) is 11.3 Å². The second-order valence-electron chi connectivity index (χ2n) is 6.81. The molecule has 1 aromatic heterocycles. The summed E-state index contributed by atoms with van der Waals surface area (Å²) < 4.78 is 2.04. The van der Waals surface area contributed by atoms with E-state index in [1.54, 1.807) is 23.9 Å². The first kappa shape index (κ1) is 21.4. The number of nitrogens with zero attached hydrogens (tertiary/aromatic N) is 3. The summed E-state index contributed by atoms with van der Waals surface area (Å²) >= 11 is 14.3. The average molecular weight is 470 g/mol. The molecule has 0 atom stereocenters. The van der Waals surface area contributed by atoms with Crippen molar-refractivity contribution in [1.29, 1.82) is 0 Å². The topological polar surface area (TPSA) is 61.0 Å². The number of nitro groups is 1. The fourth-order valence-electron chi connectivity index (χ4n) is 3.09. The summed E-state index contributed by atoms with van der Waals surface area (Å²) in [5.41, 5.74) is 3.61. The molecule has 0 aliphatic heterocycles. The van der Waals surface area contributed by atoms with Gasteiger partial charge in [0.15, 0.2) is 5.16 Å². The third-order valence-corrected chi connectivity index (χ3v) is 6.50. The molecular formula is C23H17Cl2N3O2S. The fourth-order valence-corrected chi connectivity index (χ4v) is 4.55. The maximum Gasteiger partial charge on any atom is 0.269 e. The lowest BCUT2D eigenvalue weighted by molar-refractivity contribution is -0.384. The van der Waals surface area contributed by atoms with Crippen LogP contribution in [0.25, 0.3) is 11.3 Å². The average Bonchev–Trinajstić information content (AvgIpc) is 3.17. The molecule has 0 N–H and O–H groups in total. The van der Waals surface area contributed by atoms with Crippen LogP contribution in [0.2, 0.25) is 10.0 Å². The number of hydrogen-bond donors (Lipinski definition) is 0. The van der Waals surface area contributed by atoms with Gasteiger partial charge in [-0.1, -0.05) is 71.4 Å². The van der Waals surface area contributed by atoms with Crippen LogP contribution in [0.3, 0.4) is 0 Å². The monoisotopic (exact) mass is 469 g/mol. The molecule has 0 spiro atoms. The minimum absolute atomic E-state index is 0.0487. The van der Waals surface area contributed by atoms with Crippen molar-refractivity contribution >= 4 is 40.7 Å². The van der Waals surface area contributed by atoms with Gasteiger partial charge in [-0.15, -0.1) is 0 Å². The molecule has 4 aromatic rings. The van der Waals surface area contributed by atoms with Crippen LogP contribution in [0.1, 0.15) is 11.1 Å². The van der Waals surface area contributed by atoms with E-state index in [1.165, 1.54) is 12.1 Å². The first-order valence-electron chi connectivity index (χ1n) is 9.43. The third-order valence-electron chi connectivity index (χ3n) is 4.73. The van der Waals surface area contributed by atoms with Gasteiger partial charge < -0.3 is 4.57 Å². The highest BCUT2D eigenvalue weighted by molar-refractivity contribution is 7.98. The van der Waals surface area contributed by atoms with Crippen LogP contribution in [0.5, 0.6) is 0 Å². The van der Waals surface area contributed by atoms with E-state index in [1.807, 2.05) is 59.3 Å². The summed E-state index contributed by atoms with van der Waals surface area (Å²) in [6, 6.07) is 21.8. The maximum atomic E-state index is 10.9. The maximum absolute atomic E-state index is 10.9. The van der Waals surface area contributed by atoms with Crippen molar-refractivity contribution in [2.75, 3.05) is 0 Å². The Balaban J connectivity index is 1.66. The van der Waals surface area contributed by atoms with Crippen LogP contribution in [0, 0.1) is 10.1 Å². The molecule has 0 bridgehead atoms. The molecular weight excluding hydrogens is 453 g/mol. The Morgan fingerprint density at radius 2 is 1.52 bits per heavy atom. The molecule has 0 saturated carbocycles.